The van der Waals surface area contributed by atoms with Crippen molar-refractivity contribution in [3.63, 3.8) is 0 Å². The van der Waals surface area contributed by atoms with Gasteiger partial charge in [0.15, 0.2) is 0 Å². The van der Waals surface area contributed by atoms with E-state index in [1.807, 2.05) is 0 Å². The maximum atomic E-state index is 12.1. The van der Waals surface area contributed by atoms with Crippen molar-refractivity contribution in [2.75, 3.05) is 19.6 Å². The van der Waals surface area contributed by atoms with Crippen LogP contribution >= 0.6 is 0 Å². The van der Waals surface area contributed by atoms with Crippen molar-refractivity contribution < 1.29 is 4.79 Å². The van der Waals surface area contributed by atoms with Crippen molar-refractivity contribution >= 4 is 5.91 Å². The largest absolute Gasteiger partial charge is 0.340 e. The Hall–Kier alpha value is -0.570. The number of amides is 1. The second kappa shape index (κ2) is 4.30. The van der Waals surface area contributed by atoms with Crippen LogP contribution in [0.25, 0.3) is 0 Å². The van der Waals surface area contributed by atoms with E-state index in [1.54, 1.807) is 0 Å². The van der Waals surface area contributed by atoms with Gasteiger partial charge in [-0.1, -0.05) is 0 Å². The molecule has 2 fully saturated rings. The van der Waals surface area contributed by atoms with Gasteiger partial charge in [-0.2, -0.15) is 0 Å². The molecule has 3 heteroatoms. The molecule has 0 aromatic heterocycles. The number of likely N-dealkylation sites (tertiary alicyclic amines) is 1. The zero-order chi connectivity index (χ0) is 9.97. The standard InChI is InChI=1S/C11H20N2O/c1-9-3-2-8-13(9)11(14)10-4-6-12-7-5-10/h9-10,12H,2-8H2,1H3. The average Bonchev–Trinajstić information content (AvgIpc) is 2.65. The van der Waals surface area contributed by atoms with Crippen LogP contribution < -0.4 is 5.32 Å². The van der Waals surface area contributed by atoms with Crippen molar-refractivity contribution in [2.45, 2.75) is 38.6 Å². The molecule has 1 atom stereocenters. The first-order valence-electron chi connectivity index (χ1n) is 5.80. The van der Waals surface area contributed by atoms with Gasteiger partial charge in [0.1, 0.15) is 0 Å². The summed E-state index contributed by atoms with van der Waals surface area (Å²) in [6.07, 6.45) is 4.44. The molecule has 2 rings (SSSR count). The molecule has 0 saturated carbocycles. The molecule has 0 aromatic carbocycles. The summed E-state index contributed by atoms with van der Waals surface area (Å²) < 4.78 is 0. The van der Waals surface area contributed by atoms with E-state index in [0.29, 0.717) is 17.9 Å². The fraction of sp³-hybridized carbons (Fsp3) is 0.909. The Bertz CT molecular complexity index is 211. The van der Waals surface area contributed by atoms with Crippen LogP contribution in [0.4, 0.5) is 0 Å². The molecule has 3 nitrogen and oxygen atoms in total. The second-order valence-electron chi connectivity index (χ2n) is 4.55. The summed E-state index contributed by atoms with van der Waals surface area (Å²) in [5, 5.41) is 3.30. The zero-order valence-electron chi connectivity index (χ0n) is 8.96. The van der Waals surface area contributed by atoms with Gasteiger partial charge in [-0.05, 0) is 45.7 Å². The SMILES string of the molecule is CC1CCCN1C(=O)C1CCNCC1. The number of carbonyl (C=O) groups is 1. The van der Waals surface area contributed by atoms with Gasteiger partial charge in [-0.25, -0.2) is 0 Å². The molecule has 1 unspecified atom stereocenters. The van der Waals surface area contributed by atoms with Gasteiger partial charge in [0, 0.05) is 18.5 Å². The summed E-state index contributed by atoms with van der Waals surface area (Å²) in [4.78, 5) is 14.2. The highest BCUT2D eigenvalue weighted by atomic mass is 16.2. The molecule has 0 radical (unpaired) electrons. The molecule has 2 heterocycles. The van der Waals surface area contributed by atoms with Crippen LogP contribution in [0.5, 0.6) is 0 Å². The van der Waals surface area contributed by atoms with E-state index in [2.05, 4.69) is 17.1 Å². The van der Waals surface area contributed by atoms with Crippen molar-refractivity contribution in [3.05, 3.63) is 0 Å². The number of nitrogens with one attached hydrogen (secondary N) is 1. The lowest BCUT2D eigenvalue weighted by atomic mass is 9.96. The highest BCUT2D eigenvalue weighted by molar-refractivity contribution is 5.79. The molecular weight excluding hydrogens is 176 g/mol. The van der Waals surface area contributed by atoms with E-state index in [4.69, 9.17) is 0 Å². The molecule has 0 aliphatic carbocycles. The predicted molar refractivity (Wildman–Crippen MR) is 56.0 cm³/mol. The fourth-order valence-corrected chi connectivity index (χ4v) is 2.56. The molecule has 1 N–H and O–H groups in total. The van der Waals surface area contributed by atoms with Gasteiger partial charge < -0.3 is 10.2 Å². The fourth-order valence-electron chi connectivity index (χ4n) is 2.56. The highest BCUT2D eigenvalue weighted by Crippen LogP contribution is 2.22. The molecule has 2 aliphatic heterocycles. The van der Waals surface area contributed by atoms with Crippen molar-refractivity contribution in [2.24, 2.45) is 5.92 Å². The predicted octanol–water partition coefficient (Wildman–Crippen LogP) is 0.997. The summed E-state index contributed by atoms with van der Waals surface area (Å²) in [5.41, 5.74) is 0. The average molecular weight is 196 g/mol. The lowest BCUT2D eigenvalue weighted by Gasteiger charge is -2.29. The number of hydrogen-bond donors (Lipinski definition) is 1. The second-order valence-corrected chi connectivity index (χ2v) is 4.55. The Morgan fingerprint density at radius 2 is 2.00 bits per heavy atom. The minimum Gasteiger partial charge on any atom is -0.340 e. The number of carbonyl (C=O) groups excluding carboxylic acids is 1. The van der Waals surface area contributed by atoms with Crippen LogP contribution in [0.1, 0.15) is 32.6 Å². The molecule has 0 spiro atoms. The minimum atomic E-state index is 0.303. The lowest BCUT2D eigenvalue weighted by Crippen LogP contribution is -2.42. The zero-order valence-corrected chi connectivity index (χ0v) is 8.96. The molecule has 1 amide bonds. The topological polar surface area (TPSA) is 32.3 Å². The summed E-state index contributed by atoms with van der Waals surface area (Å²) in [5.74, 6) is 0.716. The van der Waals surface area contributed by atoms with Crippen molar-refractivity contribution in [1.82, 2.24) is 10.2 Å². The van der Waals surface area contributed by atoms with Gasteiger partial charge in [0.2, 0.25) is 5.91 Å². The number of rotatable bonds is 1. The molecule has 2 saturated heterocycles. The van der Waals surface area contributed by atoms with Gasteiger partial charge in [-0.15, -0.1) is 0 Å². The first kappa shape index (κ1) is 9.97. The van der Waals surface area contributed by atoms with E-state index in [0.717, 1.165) is 32.5 Å². The van der Waals surface area contributed by atoms with Gasteiger partial charge in [-0.3, -0.25) is 4.79 Å². The molecule has 14 heavy (non-hydrogen) atoms. The smallest absolute Gasteiger partial charge is 0.226 e. The number of hydrogen-bond acceptors (Lipinski definition) is 2. The molecule has 0 bridgehead atoms. The van der Waals surface area contributed by atoms with Crippen molar-refractivity contribution in [3.8, 4) is 0 Å². The maximum absolute atomic E-state index is 12.1. The van der Waals surface area contributed by atoms with Gasteiger partial charge in [0.05, 0.1) is 0 Å². The van der Waals surface area contributed by atoms with Crippen LogP contribution in [-0.2, 0) is 4.79 Å². The molecule has 80 valence electrons. The van der Waals surface area contributed by atoms with E-state index in [9.17, 15) is 4.79 Å². The van der Waals surface area contributed by atoms with Crippen LogP contribution in [0.2, 0.25) is 0 Å². The summed E-state index contributed by atoms with van der Waals surface area (Å²) >= 11 is 0. The summed E-state index contributed by atoms with van der Waals surface area (Å²) in [6.45, 7) is 5.19. The Labute approximate surface area is 85.8 Å². The highest BCUT2D eigenvalue weighted by Gasteiger charge is 2.30. The number of nitrogens with zero attached hydrogens (tertiary/aromatic N) is 1. The monoisotopic (exact) mass is 196 g/mol. The van der Waals surface area contributed by atoms with Crippen LogP contribution in [0.3, 0.4) is 0 Å². The summed E-state index contributed by atoms with van der Waals surface area (Å²) in [7, 11) is 0. The Morgan fingerprint density at radius 3 is 2.57 bits per heavy atom. The van der Waals surface area contributed by atoms with Gasteiger partial charge in [0.25, 0.3) is 0 Å². The van der Waals surface area contributed by atoms with Crippen LogP contribution in [0.15, 0.2) is 0 Å². The molecule has 2 aliphatic rings. The van der Waals surface area contributed by atoms with E-state index >= 15 is 0 Å². The quantitative estimate of drug-likeness (QED) is 0.678. The summed E-state index contributed by atoms with van der Waals surface area (Å²) in [6, 6.07) is 0.484. The lowest BCUT2D eigenvalue weighted by molar-refractivity contribution is -0.136. The van der Waals surface area contributed by atoms with Crippen LogP contribution in [0, 0.1) is 5.92 Å². The van der Waals surface area contributed by atoms with E-state index < -0.39 is 0 Å². The van der Waals surface area contributed by atoms with Crippen molar-refractivity contribution in [1.29, 1.82) is 0 Å². The first-order chi connectivity index (χ1) is 6.79. The maximum Gasteiger partial charge on any atom is 0.226 e. The normalized spacial score (nSPS) is 29.5. The minimum absolute atomic E-state index is 0.303. The van der Waals surface area contributed by atoms with E-state index in [1.165, 1.54) is 12.8 Å². The Kier molecular flexibility index (Phi) is 3.06. The number of piperidine rings is 1. The molecule has 0 aromatic rings. The molecular formula is C11H20N2O. The third kappa shape index (κ3) is 1.92. The first-order valence-corrected chi connectivity index (χ1v) is 5.80. The third-order valence-corrected chi connectivity index (χ3v) is 3.52. The third-order valence-electron chi connectivity index (χ3n) is 3.52. The van der Waals surface area contributed by atoms with Gasteiger partial charge >= 0.3 is 0 Å². The van der Waals surface area contributed by atoms with E-state index in [-0.39, 0.29) is 0 Å². The Morgan fingerprint density at radius 1 is 1.29 bits per heavy atom. The Balaban J connectivity index is 1.92. The van der Waals surface area contributed by atoms with Crippen LogP contribution in [-0.4, -0.2) is 36.5 Å².